The molecule has 2 unspecified atom stereocenters. The number of unbranched alkanes of at least 4 members (excludes halogenated alkanes) is 1. The lowest BCUT2D eigenvalue weighted by atomic mass is 10.0. The Bertz CT molecular complexity index is 318. The molecule has 4 N–H and O–H groups in total. The summed E-state index contributed by atoms with van der Waals surface area (Å²) in [5, 5.41) is 14.3. The minimum absolute atomic E-state index is 0.246. The molecule has 5 nitrogen and oxygen atoms in total. The van der Waals surface area contributed by atoms with Crippen molar-refractivity contribution in [2.45, 2.75) is 44.9 Å². The average Bonchev–Trinajstić information content (AvgIpc) is 3.12. The standard InChI is InChI=1S/C13H23N3O2/c14-11(16-18)7-3-4-8-15-13(17)12-9-5-1-2-6-10(9)12/h9-10,12,18H,1-8H2,(H2,14,16)(H,15,17). The Balaban J connectivity index is 1.56. The third kappa shape index (κ3) is 3.15. The molecule has 0 aromatic rings. The molecule has 18 heavy (non-hydrogen) atoms. The van der Waals surface area contributed by atoms with E-state index < -0.39 is 0 Å². The number of amides is 1. The predicted molar refractivity (Wildman–Crippen MR) is 69.2 cm³/mol. The van der Waals surface area contributed by atoms with Crippen molar-refractivity contribution in [1.29, 1.82) is 0 Å². The van der Waals surface area contributed by atoms with Gasteiger partial charge < -0.3 is 16.3 Å². The topological polar surface area (TPSA) is 87.7 Å². The second-order valence-corrected chi connectivity index (χ2v) is 5.48. The van der Waals surface area contributed by atoms with Gasteiger partial charge in [0.15, 0.2) is 0 Å². The summed E-state index contributed by atoms with van der Waals surface area (Å²) >= 11 is 0. The first-order valence-corrected chi connectivity index (χ1v) is 6.98. The van der Waals surface area contributed by atoms with Crippen LogP contribution in [0.3, 0.4) is 0 Å². The molecule has 0 aromatic heterocycles. The Morgan fingerprint density at radius 1 is 1.28 bits per heavy atom. The molecule has 0 heterocycles. The summed E-state index contributed by atoms with van der Waals surface area (Å²) in [7, 11) is 0. The van der Waals surface area contributed by atoms with Gasteiger partial charge >= 0.3 is 0 Å². The Kier molecular flexibility index (Phi) is 4.44. The van der Waals surface area contributed by atoms with E-state index in [1.165, 1.54) is 25.7 Å². The highest BCUT2D eigenvalue weighted by Crippen LogP contribution is 2.55. The van der Waals surface area contributed by atoms with Crippen molar-refractivity contribution in [3.8, 4) is 0 Å². The van der Waals surface area contributed by atoms with Crippen molar-refractivity contribution < 1.29 is 10.0 Å². The summed E-state index contributed by atoms with van der Waals surface area (Å²) in [5.74, 6) is 2.16. The molecule has 5 heteroatoms. The van der Waals surface area contributed by atoms with Crippen LogP contribution in [-0.2, 0) is 4.79 Å². The highest BCUT2D eigenvalue weighted by atomic mass is 16.4. The highest BCUT2D eigenvalue weighted by molar-refractivity contribution is 5.82. The maximum Gasteiger partial charge on any atom is 0.223 e. The maximum absolute atomic E-state index is 11.9. The largest absolute Gasteiger partial charge is 0.409 e. The van der Waals surface area contributed by atoms with Gasteiger partial charge in [-0.3, -0.25) is 4.79 Å². The number of nitrogens with two attached hydrogens (primary N) is 1. The molecular weight excluding hydrogens is 230 g/mol. The van der Waals surface area contributed by atoms with Gasteiger partial charge in [-0.1, -0.05) is 18.0 Å². The van der Waals surface area contributed by atoms with Gasteiger partial charge in [-0.15, -0.1) is 0 Å². The summed E-state index contributed by atoms with van der Waals surface area (Å²) in [5.41, 5.74) is 5.37. The van der Waals surface area contributed by atoms with E-state index in [9.17, 15) is 4.79 Å². The van der Waals surface area contributed by atoms with E-state index in [2.05, 4.69) is 10.5 Å². The van der Waals surface area contributed by atoms with Crippen LogP contribution < -0.4 is 11.1 Å². The third-order valence-corrected chi connectivity index (χ3v) is 4.25. The van der Waals surface area contributed by atoms with E-state index in [4.69, 9.17) is 10.9 Å². The van der Waals surface area contributed by atoms with Crippen LogP contribution in [0.15, 0.2) is 5.16 Å². The molecule has 2 rings (SSSR count). The number of carbonyl (C=O) groups is 1. The Labute approximate surface area is 108 Å². The minimum atomic E-state index is 0.246. The number of amidine groups is 1. The molecule has 2 aliphatic carbocycles. The summed E-state index contributed by atoms with van der Waals surface area (Å²) < 4.78 is 0. The van der Waals surface area contributed by atoms with Gasteiger partial charge in [-0.25, -0.2) is 0 Å². The van der Waals surface area contributed by atoms with Gasteiger partial charge in [0.2, 0.25) is 5.91 Å². The molecule has 0 bridgehead atoms. The molecule has 102 valence electrons. The minimum Gasteiger partial charge on any atom is -0.409 e. The number of fused-ring (bicyclic) bond motifs is 1. The second kappa shape index (κ2) is 6.07. The lowest BCUT2D eigenvalue weighted by Crippen LogP contribution is -2.27. The zero-order valence-electron chi connectivity index (χ0n) is 10.8. The quantitative estimate of drug-likeness (QED) is 0.220. The lowest BCUT2D eigenvalue weighted by molar-refractivity contribution is -0.122. The Morgan fingerprint density at radius 3 is 2.56 bits per heavy atom. The fourth-order valence-electron chi connectivity index (χ4n) is 3.19. The molecule has 0 aromatic carbocycles. The molecule has 2 aliphatic rings. The van der Waals surface area contributed by atoms with Crippen LogP contribution in [0.4, 0.5) is 0 Å². The number of nitrogens with one attached hydrogen (secondary N) is 1. The normalized spacial score (nSPS) is 30.7. The van der Waals surface area contributed by atoms with E-state index in [0.29, 0.717) is 30.7 Å². The molecule has 2 fully saturated rings. The van der Waals surface area contributed by atoms with Crippen molar-refractivity contribution in [2.75, 3.05) is 6.54 Å². The van der Waals surface area contributed by atoms with Gasteiger partial charge in [-0.05, 0) is 37.5 Å². The van der Waals surface area contributed by atoms with Crippen LogP contribution in [0.2, 0.25) is 0 Å². The second-order valence-electron chi connectivity index (χ2n) is 5.48. The highest BCUT2D eigenvalue weighted by Gasteiger charge is 2.54. The first-order chi connectivity index (χ1) is 8.74. The molecule has 0 spiro atoms. The fraction of sp³-hybridized carbons (Fsp3) is 0.846. The number of hydrogen-bond acceptors (Lipinski definition) is 3. The molecular formula is C13H23N3O2. The van der Waals surface area contributed by atoms with Gasteiger partial charge in [0.1, 0.15) is 5.84 Å². The fourth-order valence-corrected chi connectivity index (χ4v) is 3.19. The molecule has 0 saturated heterocycles. The average molecular weight is 253 g/mol. The van der Waals surface area contributed by atoms with Crippen LogP contribution >= 0.6 is 0 Å². The zero-order valence-corrected chi connectivity index (χ0v) is 10.8. The van der Waals surface area contributed by atoms with Crippen LogP contribution in [0.5, 0.6) is 0 Å². The van der Waals surface area contributed by atoms with Crippen molar-refractivity contribution in [3.05, 3.63) is 0 Å². The van der Waals surface area contributed by atoms with Crippen LogP contribution in [0.1, 0.15) is 44.9 Å². The van der Waals surface area contributed by atoms with Crippen molar-refractivity contribution in [1.82, 2.24) is 5.32 Å². The number of carbonyl (C=O) groups excluding carboxylic acids is 1. The molecule has 2 saturated carbocycles. The summed E-state index contributed by atoms with van der Waals surface area (Å²) in [4.78, 5) is 11.9. The van der Waals surface area contributed by atoms with Crippen LogP contribution in [0.25, 0.3) is 0 Å². The van der Waals surface area contributed by atoms with E-state index in [0.717, 1.165) is 12.8 Å². The van der Waals surface area contributed by atoms with E-state index in [1.54, 1.807) is 0 Å². The van der Waals surface area contributed by atoms with Gasteiger partial charge in [0.05, 0.1) is 0 Å². The summed E-state index contributed by atoms with van der Waals surface area (Å²) in [6, 6.07) is 0. The maximum atomic E-state index is 11.9. The van der Waals surface area contributed by atoms with Crippen LogP contribution in [-0.4, -0.2) is 23.5 Å². The molecule has 0 aliphatic heterocycles. The Morgan fingerprint density at radius 2 is 1.94 bits per heavy atom. The monoisotopic (exact) mass is 253 g/mol. The molecule has 2 atom stereocenters. The van der Waals surface area contributed by atoms with E-state index in [1.807, 2.05) is 0 Å². The lowest BCUT2D eigenvalue weighted by Gasteiger charge is -2.04. The summed E-state index contributed by atoms with van der Waals surface area (Å²) in [6.45, 7) is 0.702. The number of nitrogens with zero attached hydrogens (tertiary/aromatic N) is 1. The summed E-state index contributed by atoms with van der Waals surface area (Å²) in [6.07, 6.45) is 7.38. The molecule has 0 radical (unpaired) electrons. The first kappa shape index (κ1) is 13.2. The smallest absolute Gasteiger partial charge is 0.223 e. The van der Waals surface area contributed by atoms with Gasteiger partial charge in [0, 0.05) is 18.9 Å². The zero-order chi connectivity index (χ0) is 13.0. The number of rotatable bonds is 6. The van der Waals surface area contributed by atoms with Gasteiger partial charge in [0.25, 0.3) is 0 Å². The van der Waals surface area contributed by atoms with Crippen molar-refractivity contribution >= 4 is 11.7 Å². The number of oxime groups is 1. The van der Waals surface area contributed by atoms with Gasteiger partial charge in [-0.2, -0.15) is 0 Å². The predicted octanol–water partition coefficient (Wildman–Crippen LogP) is 1.46. The molecule has 1 amide bonds. The first-order valence-electron chi connectivity index (χ1n) is 6.98. The van der Waals surface area contributed by atoms with E-state index >= 15 is 0 Å². The van der Waals surface area contributed by atoms with Crippen LogP contribution in [0, 0.1) is 17.8 Å². The van der Waals surface area contributed by atoms with Crippen molar-refractivity contribution in [2.24, 2.45) is 28.6 Å². The third-order valence-electron chi connectivity index (χ3n) is 4.25. The number of hydrogen-bond donors (Lipinski definition) is 3. The van der Waals surface area contributed by atoms with Crippen molar-refractivity contribution in [3.63, 3.8) is 0 Å². The Hall–Kier alpha value is -1.26. The SMILES string of the molecule is NC(CCCCNC(=O)C1C2CCCCC21)=NO. The van der Waals surface area contributed by atoms with E-state index in [-0.39, 0.29) is 11.7 Å².